The lowest BCUT2D eigenvalue weighted by Crippen LogP contribution is -2.37. The van der Waals surface area contributed by atoms with E-state index in [0.29, 0.717) is 5.92 Å². The Balaban J connectivity index is 1.96. The minimum Gasteiger partial charge on any atom is -0.368 e. The van der Waals surface area contributed by atoms with Crippen LogP contribution in [0.2, 0.25) is 0 Å². The number of likely N-dealkylation sites (N-methyl/N-ethyl adjacent to an activating group) is 1. The Morgan fingerprint density at radius 2 is 2.12 bits per heavy atom. The van der Waals surface area contributed by atoms with E-state index in [1.54, 1.807) is 0 Å². The highest BCUT2D eigenvalue weighted by Gasteiger charge is 2.32. The van der Waals surface area contributed by atoms with Crippen molar-refractivity contribution in [2.24, 2.45) is 11.7 Å². The summed E-state index contributed by atoms with van der Waals surface area (Å²) in [6.45, 7) is 0.961. The minimum absolute atomic E-state index is 0.0753. The van der Waals surface area contributed by atoms with Crippen LogP contribution in [-0.4, -0.2) is 30.4 Å². The smallest absolute Gasteiger partial charge is 0.234 e. The van der Waals surface area contributed by atoms with Crippen molar-refractivity contribution in [2.75, 3.05) is 13.6 Å². The molecule has 0 bridgehead atoms. The summed E-state index contributed by atoms with van der Waals surface area (Å²) < 4.78 is 0. The molecular formula is C13H18N2O. The number of rotatable bonds is 3. The van der Waals surface area contributed by atoms with E-state index < -0.39 is 0 Å². The normalized spacial score (nSPS) is 25.8. The maximum atomic E-state index is 11.2. The van der Waals surface area contributed by atoms with Gasteiger partial charge in [-0.15, -0.1) is 0 Å². The quantitative estimate of drug-likeness (QED) is 0.823. The number of amides is 1. The summed E-state index contributed by atoms with van der Waals surface area (Å²) in [7, 11) is 1.97. The molecule has 0 radical (unpaired) electrons. The van der Waals surface area contributed by atoms with E-state index in [0.717, 1.165) is 19.4 Å². The first kappa shape index (κ1) is 11.1. The Bertz CT molecular complexity index is 363. The van der Waals surface area contributed by atoms with E-state index >= 15 is 0 Å². The molecule has 1 heterocycles. The highest BCUT2D eigenvalue weighted by Crippen LogP contribution is 2.24. The van der Waals surface area contributed by atoms with Gasteiger partial charge >= 0.3 is 0 Å². The summed E-state index contributed by atoms with van der Waals surface area (Å²) in [5, 5.41) is 0. The number of primary amides is 1. The molecule has 1 aromatic rings. The molecule has 0 aliphatic carbocycles. The van der Waals surface area contributed by atoms with Gasteiger partial charge in [0.25, 0.3) is 0 Å². The summed E-state index contributed by atoms with van der Waals surface area (Å²) in [5.41, 5.74) is 6.70. The number of carbonyl (C=O) groups excluding carboxylic acids is 1. The first-order valence-electron chi connectivity index (χ1n) is 5.70. The van der Waals surface area contributed by atoms with Gasteiger partial charge < -0.3 is 5.73 Å². The standard InChI is InChI=1S/C13H18N2O/c1-15-9-11(8-12(15)13(14)16)7-10-5-3-2-4-6-10/h2-6,11-12H,7-9H2,1H3,(H2,14,16). The molecule has 3 nitrogen and oxygen atoms in total. The lowest BCUT2D eigenvalue weighted by atomic mass is 9.97. The third kappa shape index (κ3) is 2.42. The molecule has 16 heavy (non-hydrogen) atoms. The average Bonchev–Trinajstić information content (AvgIpc) is 2.61. The van der Waals surface area contributed by atoms with Gasteiger partial charge in [0.2, 0.25) is 5.91 Å². The van der Waals surface area contributed by atoms with Crippen LogP contribution in [0.25, 0.3) is 0 Å². The van der Waals surface area contributed by atoms with Crippen molar-refractivity contribution in [2.45, 2.75) is 18.9 Å². The van der Waals surface area contributed by atoms with Crippen LogP contribution in [0.3, 0.4) is 0 Å². The Morgan fingerprint density at radius 3 is 2.69 bits per heavy atom. The highest BCUT2D eigenvalue weighted by molar-refractivity contribution is 5.80. The van der Waals surface area contributed by atoms with Crippen LogP contribution in [0.15, 0.2) is 30.3 Å². The van der Waals surface area contributed by atoms with Crippen molar-refractivity contribution in [1.29, 1.82) is 0 Å². The molecule has 86 valence electrons. The molecule has 1 aromatic carbocycles. The second-order valence-corrected chi connectivity index (χ2v) is 4.65. The summed E-state index contributed by atoms with van der Waals surface area (Å²) in [5.74, 6) is 0.350. The number of likely N-dealkylation sites (tertiary alicyclic amines) is 1. The number of benzene rings is 1. The fourth-order valence-corrected chi connectivity index (χ4v) is 2.53. The SMILES string of the molecule is CN1CC(Cc2ccccc2)CC1C(N)=O. The van der Waals surface area contributed by atoms with Crippen molar-refractivity contribution < 1.29 is 4.79 Å². The van der Waals surface area contributed by atoms with Crippen molar-refractivity contribution in [1.82, 2.24) is 4.90 Å². The van der Waals surface area contributed by atoms with E-state index in [9.17, 15) is 4.79 Å². The van der Waals surface area contributed by atoms with Crippen molar-refractivity contribution in [3.05, 3.63) is 35.9 Å². The van der Waals surface area contributed by atoms with Crippen LogP contribution in [0.4, 0.5) is 0 Å². The maximum Gasteiger partial charge on any atom is 0.234 e. The van der Waals surface area contributed by atoms with Crippen LogP contribution in [0, 0.1) is 5.92 Å². The van der Waals surface area contributed by atoms with Crippen molar-refractivity contribution >= 4 is 5.91 Å². The molecule has 0 spiro atoms. The third-order valence-electron chi connectivity index (χ3n) is 3.33. The monoisotopic (exact) mass is 218 g/mol. The third-order valence-corrected chi connectivity index (χ3v) is 3.33. The maximum absolute atomic E-state index is 11.2. The topological polar surface area (TPSA) is 46.3 Å². The zero-order chi connectivity index (χ0) is 11.5. The molecule has 2 N–H and O–H groups in total. The molecule has 1 fully saturated rings. The zero-order valence-corrected chi connectivity index (χ0v) is 9.60. The molecule has 1 aliphatic rings. The van der Waals surface area contributed by atoms with E-state index in [4.69, 9.17) is 5.73 Å². The predicted molar refractivity (Wildman–Crippen MR) is 63.9 cm³/mol. The largest absolute Gasteiger partial charge is 0.368 e. The first-order chi connectivity index (χ1) is 7.66. The van der Waals surface area contributed by atoms with Gasteiger partial charge in [-0.25, -0.2) is 0 Å². The highest BCUT2D eigenvalue weighted by atomic mass is 16.1. The predicted octanol–water partition coefficient (Wildman–Crippen LogP) is 1.03. The van der Waals surface area contributed by atoms with Crippen LogP contribution in [0.1, 0.15) is 12.0 Å². The number of nitrogens with two attached hydrogens (primary N) is 1. The minimum atomic E-state index is -0.196. The molecule has 1 aliphatic heterocycles. The number of hydrogen-bond acceptors (Lipinski definition) is 2. The Morgan fingerprint density at radius 1 is 1.44 bits per heavy atom. The lowest BCUT2D eigenvalue weighted by molar-refractivity contribution is -0.121. The molecule has 1 amide bonds. The Kier molecular flexibility index (Phi) is 3.25. The van der Waals surface area contributed by atoms with Crippen LogP contribution in [-0.2, 0) is 11.2 Å². The Labute approximate surface area is 96.2 Å². The molecule has 2 unspecified atom stereocenters. The molecule has 3 heteroatoms. The van der Waals surface area contributed by atoms with Gasteiger partial charge in [0.15, 0.2) is 0 Å². The lowest BCUT2D eigenvalue weighted by Gasteiger charge is -2.14. The average molecular weight is 218 g/mol. The summed E-state index contributed by atoms with van der Waals surface area (Å²) >= 11 is 0. The first-order valence-corrected chi connectivity index (χ1v) is 5.70. The van der Waals surface area contributed by atoms with Gasteiger partial charge in [-0.05, 0) is 31.4 Å². The molecule has 0 aromatic heterocycles. The summed E-state index contributed by atoms with van der Waals surface area (Å²) in [6, 6.07) is 10.3. The van der Waals surface area contributed by atoms with E-state index in [2.05, 4.69) is 29.2 Å². The molecule has 1 saturated heterocycles. The van der Waals surface area contributed by atoms with Crippen LogP contribution < -0.4 is 5.73 Å². The van der Waals surface area contributed by atoms with Gasteiger partial charge in [-0.3, -0.25) is 9.69 Å². The second-order valence-electron chi connectivity index (χ2n) is 4.65. The van der Waals surface area contributed by atoms with Crippen molar-refractivity contribution in [3.63, 3.8) is 0 Å². The fourth-order valence-electron chi connectivity index (χ4n) is 2.53. The van der Waals surface area contributed by atoms with E-state index in [-0.39, 0.29) is 11.9 Å². The number of carbonyl (C=O) groups is 1. The Hall–Kier alpha value is -1.35. The van der Waals surface area contributed by atoms with Crippen molar-refractivity contribution in [3.8, 4) is 0 Å². The summed E-state index contributed by atoms with van der Waals surface area (Å²) in [6.07, 6.45) is 1.93. The number of nitrogens with zero attached hydrogens (tertiary/aromatic N) is 1. The van der Waals surface area contributed by atoms with E-state index in [1.807, 2.05) is 13.1 Å². The molecule has 2 atom stereocenters. The molecule has 2 rings (SSSR count). The van der Waals surface area contributed by atoms with Gasteiger partial charge in [0, 0.05) is 6.54 Å². The second kappa shape index (κ2) is 4.66. The van der Waals surface area contributed by atoms with Gasteiger partial charge in [-0.2, -0.15) is 0 Å². The molecular weight excluding hydrogens is 200 g/mol. The van der Waals surface area contributed by atoms with Gasteiger partial charge in [-0.1, -0.05) is 30.3 Å². The van der Waals surface area contributed by atoms with Crippen LogP contribution in [0.5, 0.6) is 0 Å². The van der Waals surface area contributed by atoms with E-state index in [1.165, 1.54) is 5.56 Å². The number of hydrogen-bond donors (Lipinski definition) is 1. The zero-order valence-electron chi connectivity index (χ0n) is 9.60. The fraction of sp³-hybridized carbons (Fsp3) is 0.462. The van der Waals surface area contributed by atoms with Gasteiger partial charge in [0.05, 0.1) is 6.04 Å². The van der Waals surface area contributed by atoms with Crippen LogP contribution >= 0.6 is 0 Å². The van der Waals surface area contributed by atoms with Gasteiger partial charge in [0.1, 0.15) is 0 Å². The summed E-state index contributed by atoms with van der Waals surface area (Å²) in [4.78, 5) is 13.3. The molecule has 0 saturated carbocycles.